The molecule has 6 heteroatoms. The van der Waals surface area contributed by atoms with Gasteiger partial charge in [0.05, 0.1) is 13.7 Å². The number of rotatable bonds is 7. The lowest BCUT2D eigenvalue weighted by Crippen LogP contribution is -2.23. The molecule has 0 radical (unpaired) electrons. The average molecular weight is 291 g/mol. The van der Waals surface area contributed by atoms with Gasteiger partial charge in [-0.05, 0) is 19.1 Å². The normalized spacial score (nSPS) is 12.2. The van der Waals surface area contributed by atoms with Crippen LogP contribution in [0.15, 0.2) is 28.8 Å². The molecule has 0 fully saturated rings. The number of benzene rings is 1. The SMILES string of the molecule is COc1ccccc1OC(C)CNc1nc(C(C)C)no1. The first kappa shape index (κ1) is 15.2. The van der Waals surface area contributed by atoms with Gasteiger partial charge >= 0.3 is 6.01 Å². The van der Waals surface area contributed by atoms with Crippen LogP contribution in [0, 0.1) is 0 Å². The van der Waals surface area contributed by atoms with Gasteiger partial charge in [0.15, 0.2) is 17.3 Å². The van der Waals surface area contributed by atoms with Crippen LogP contribution < -0.4 is 14.8 Å². The number of anilines is 1. The van der Waals surface area contributed by atoms with Crippen LogP contribution >= 0.6 is 0 Å². The first-order valence-corrected chi connectivity index (χ1v) is 6.97. The third-order valence-corrected chi connectivity index (χ3v) is 2.90. The molecule has 0 amide bonds. The van der Waals surface area contributed by atoms with E-state index in [2.05, 4.69) is 15.5 Å². The lowest BCUT2D eigenvalue weighted by atomic mass is 10.2. The third-order valence-electron chi connectivity index (χ3n) is 2.90. The molecule has 0 aliphatic heterocycles. The highest BCUT2D eigenvalue weighted by Crippen LogP contribution is 2.26. The highest BCUT2D eigenvalue weighted by Gasteiger charge is 2.12. The summed E-state index contributed by atoms with van der Waals surface area (Å²) >= 11 is 0. The summed E-state index contributed by atoms with van der Waals surface area (Å²) in [7, 11) is 1.62. The molecular formula is C15H21N3O3. The smallest absolute Gasteiger partial charge is 0.321 e. The maximum absolute atomic E-state index is 5.83. The van der Waals surface area contributed by atoms with Crippen molar-refractivity contribution in [1.29, 1.82) is 0 Å². The standard InChI is InChI=1S/C15H21N3O3/c1-10(2)14-17-15(21-18-14)16-9-11(3)20-13-8-6-5-7-12(13)19-4/h5-8,10-11H,9H2,1-4H3,(H,16,17,18). The Labute approximate surface area is 124 Å². The topological polar surface area (TPSA) is 69.4 Å². The molecule has 1 aromatic carbocycles. The van der Waals surface area contributed by atoms with E-state index in [0.717, 1.165) is 0 Å². The van der Waals surface area contributed by atoms with Crippen molar-refractivity contribution in [2.45, 2.75) is 32.8 Å². The minimum absolute atomic E-state index is 0.0734. The summed E-state index contributed by atoms with van der Waals surface area (Å²) in [4.78, 5) is 4.25. The Morgan fingerprint density at radius 2 is 1.90 bits per heavy atom. The molecular weight excluding hydrogens is 270 g/mol. The zero-order valence-electron chi connectivity index (χ0n) is 12.8. The predicted octanol–water partition coefficient (Wildman–Crippen LogP) is 3.08. The predicted molar refractivity (Wildman–Crippen MR) is 80.0 cm³/mol. The quantitative estimate of drug-likeness (QED) is 0.845. The summed E-state index contributed by atoms with van der Waals surface area (Å²) < 4.78 is 16.2. The van der Waals surface area contributed by atoms with E-state index in [9.17, 15) is 0 Å². The molecule has 0 aliphatic carbocycles. The van der Waals surface area contributed by atoms with Crippen LogP contribution in [-0.2, 0) is 0 Å². The number of hydrogen-bond donors (Lipinski definition) is 1. The molecule has 114 valence electrons. The number of aromatic nitrogens is 2. The molecule has 2 rings (SSSR count). The van der Waals surface area contributed by atoms with E-state index in [-0.39, 0.29) is 12.0 Å². The van der Waals surface area contributed by atoms with Crippen molar-refractivity contribution in [2.24, 2.45) is 0 Å². The molecule has 1 atom stereocenters. The minimum atomic E-state index is -0.0734. The Balaban J connectivity index is 1.88. The van der Waals surface area contributed by atoms with Crippen LogP contribution in [0.25, 0.3) is 0 Å². The van der Waals surface area contributed by atoms with E-state index in [0.29, 0.717) is 29.9 Å². The Morgan fingerprint density at radius 1 is 1.19 bits per heavy atom. The van der Waals surface area contributed by atoms with Crippen molar-refractivity contribution < 1.29 is 14.0 Å². The van der Waals surface area contributed by atoms with Crippen LogP contribution in [0.3, 0.4) is 0 Å². The first-order chi connectivity index (χ1) is 10.1. The second-order valence-corrected chi connectivity index (χ2v) is 5.07. The third kappa shape index (κ3) is 4.11. The summed E-state index contributed by atoms with van der Waals surface area (Å²) in [6.07, 6.45) is -0.0734. The van der Waals surface area contributed by atoms with Crippen LogP contribution in [0.4, 0.5) is 6.01 Å². The van der Waals surface area contributed by atoms with Crippen molar-refractivity contribution in [3.05, 3.63) is 30.1 Å². The second kappa shape index (κ2) is 6.97. The summed E-state index contributed by atoms with van der Waals surface area (Å²) in [5.41, 5.74) is 0. The van der Waals surface area contributed by atoms with Gasteiger partial charge in [-0.1, -0.05) is 31.1 Å². The maximum atomic E-state index is 5.83. The van der Waals surface area contributed by atoms with Gasteiger partial charge in [0.25, 0.3) is 0 Å². The monoisotopic (exact) mass is 291 g/mol. The molecule has 0 aliphatic rings. The van der Waals surface area contributed by atoms with E-state index in [1.165, 1.54) is 0 Å². The molecule has 2 aromatic rings. The van der Waals surface area contributed by atoms with Crippen LogP contribution in [0.2, 0.25) is 0 Å². The van der Waals surface area contributed by atoms with Gasteiger partial charge in [0, 0.05) is 5.92 Å². The van der Waals surface area contributed by atoms with Gasteiger partial charge < -0.3 is 19.3 Å². The Morgan fingerprint density at radius 3 is 2.52 bits per heavy atom. The van der Waals surface area contributed by atoms with Crippen molar-refractivity contribution in [1.82, 2.24) is 10.1 Å². The zero-order chi connectivity index (χ0) is 15.2. The molecule has 1 N–H and O–H groups in total. The van der Waals surface area contributed by atoms with E-state index in [1.54, 1.807) is 7.11 Å². The van der Waals surface area contributed by atoms with E-state index >= 15 is 0 Å². The Kier molecular flexibility index (Phi) is 5.03. The molecule has 1 heterocycles. The number of hydrogen-bond acceptors (Lipinski definition) is 6. The Bertz CT molecular complexity index is 569. The van der Waals surface area contributed by atoms with E-state index in [1.807, 2.05) is 45.0 Å². The molecule has 0 saturated carbocycles. The summed E-state index contributed by atoms with van der Waals surface area (Å²) in [5, 5.41) is 6.97. The fourth-order valence-electron chi connectivity index (χ4n) is 1.75. The summed E-state index contributed by atoms with van der Waals surface area (Å²) in [6, 6.07) is 7.96. The van der Waals surface area contributed by atoms with Gasteiger partial charge in [-0.25, -0.2) is 0 Å². The van der Waals surface area contributed by atoms with Crippen LogP contribution in [-0.4, -0.2) is 29.9 Å². The molecule has 21 heavy (non-hydrogen) atoms. The van der Waals surface area contributed by atoms with Gasteiger partial charge in [-0.2, -0.15) is 4.98 Å². The maximum Gasteiger partial charge on any atom is 0.321 e. The van der Waals surface area contributed by atoms with Crippen LogP contribution in [0.5, 0.6) is 11.5 Å². The molecule has 0 spiro atoms. The Hall–Kier alpha value is -2.24. The number of nitrogens with one attached hydrogen (secondary N) is 1. The lowest BCUT2D eigenvalue weighted by molar-refractivity contribution is 0.222. The lowest BCUT2D eigenvalue weighted by Gasteiger charge is -2.16. The van der Waals surface area contributed by atoms with Crippen LogP contribution in [0.1, 0.15) is 32.5 Å². The molecule has 0 bridgehead atoms. The van der Waals surface area contributed by atoms with Crippen molar-refractivity contribution in [3.63, 3.8) is 0 Å². The highest BCUT2D eigenvalue weighted by molar-refractivity contribution is 5.39. The highest BCUT2D eigenvalue weighted by atomic mass is 16.5. The number of nitrogens with zero attached hydrogens (tertiary/aromatic N) is 2. The number of methoxy groups -OCH3 is 1. The first-order valence-electron chi connectivity index (χ1n) is 6.97. The largest absolute Gasteiger partial charge is 0.493 e. The van der Waals surface area contributed by atoms with Gasteiger partial charge in [-0.15, -0.1) is 0 Å². The van der Waals surface area contributed by atoms with E-state index in [4.69, 9.17) is 14.0 Å². The van der Waals surface area contributed by atoms with Gasteiger partial charge in [0.2, 0.25) is 0 Å². The number of ether oxygens (including phenoxy) is 2. The molecule has 1 aromatic heterocycles. The zero-order valence-corrected chi connectivity index (χ0v) is 12.8. The fraction of sp³-hybridized carbons (Fsp3) is 0.467. The van der Waals surface area contributed by atoms with Crippen molar-refractivity contribution >= 4 is 6.01 Å². The fourth-order valence-corrected chi connectivity index (χ4v) is 1.75. The minimum Gasteiger partial charge on any atom is -0.493 e. The number of para-hydroxylation sites is 2. The van der Waals surface area contributed by atoms with Gasteiger partial charge in [-0.3, -0.25) is 0 Å². The van der Waals surface area contributed by atoms with Crippen molar-refractivity contribution in [3.8, 4) is 11.5 Å². The molecule has 0 saturated heterocycles. The summed E-state index contributed by atoms with van der Waals surface area (Å²) in [5.74, 6) is 2.36. The van der Waals surface area contributed by atoms with E-state index < -0.39 is 0 Å². The average Bonchev–Trinajstić information content (AvgIpc) is 2.95. The molecule has 6 nitrogen and oxygen atoms in total. The van der Waals surface area contributed by atoms with Gasteiger partial charge in [0.1, 0.15) is 6.10 Å². The van der Waals surface area contributed by atoms with Crippen molar-refractivity contribution in [2.75, 3.05) is 19.0 Å². The molecule has 1 unspecified atom stereocenters. The second-order valence-electron chi connectivity index (χ2n) is 5.07. The summed E-state index contributed by atoms with van der Waals surface area (Å²) in [6.45, 7) is 6.54.